The fraction of sp³-hybridized carbons (Fsp3) is 0.567. The van der Waals surface area contributed by atoms with Crippen LogP contribution >= 0.6 is 0 Å². The average molecular weight is 1150 g/mol. The summed E-state index contributed by atoms with van der Waals surface area (Å²) < 4.78 is 89.6. The number of esters is 4. The molecule has 15 nitrogen and oxygen atoms in total. The van der Waals surface area contributed by atoms with Gasteiger partial charge in [-0.1, -0.05) is 110 Å². The minimum absolute atomic E-state index is 0.00449. The molecular weight excluding hydrogens is 1070 g/mol. The van der Waals surface area contributed by atoms with Crippen molar-refractivity contribution in [1.82, 2.24) is 5.32 Å². The van der Waals surface area contributed by atoms with E-state index < -0.39 is 147 Å². The van der Waals surface area contributed by atoms with Crippen LogP contribution < -0.4 is 5.32 Å². The molecule has 2 bridgehead atoms. The molecule has 20 heteroatoms. The third-order valence-electron chi connectivity index (χ3n) is 18.5. The lowest BCUT2D eigenvalue weighted by Crippen LogP contribution is -2.82. The second kappa shape index (κ2) is 23.8. The van der Waals surface area contributed by atoms with Crippen LogP contribution in [0.4, 0.5) is 13.2 Å². The number of benzene rings is 3. The van der Waals surface area contributed by atoms with Crippen LogP contribution in [0.1, 0.15) is 134 Å². The van der Waals surface area contributed by atoms with E-state index in [2.05, 4.69) is 5.32 Å². The van der Waals surface area contributed by atoms with Gasteiger partial charge in [-0.3, -0.25) is 19.2 Å². The van der Waals surface area contributed by atoms with Crippen LogP contribution in [0.2, 0.25) is 36.3 Å². The zero-order valence-electron chi connectivity index (χ0n) is 48.0. The lowest BCUT2D eigenvalue weighted by molar-refractivity contribution is -0.344. The average Bonchev–Trinajstić information content (AvgIpc) is 3.46. The van der Waals surface area contributed by atoms with Gasteiger partial charge in [-0.2, -0.15) is 13.2 Å². The summed E-state index contributed by atoms with van der Waals surface area (Å²) in [6.07, 6.45) is -14.7. The first-order valence-electron chi connectivity index (χ1n) is 27.9. The van der Waals surface area contributed by atoms with E-state index in [0.717, 1.165) is 32.0 Å². The van der Waals surface area contributed by atoms with Crippen LogP contribution in [0, 0.1) is 16.7 Å². The summed E-state index contributed by atoms with van der Waals surface area (Å²) in [5, 5.41) is 17.5. The van der Waals surface area contributed by atoms with Gasteiger partial charge >= 0.3 is 30.1 Å². The highest BCUT2D eigenvalue weighted by Crippen LogP contribution is 2.65. The molecule has 11 atom stereocenters. The van der Waals surface area contributed by atoms with Crippen LogP contribution in [0.3, 0.4) is 0 Å². The molecule has 2 saturated carbocycles. The van der Waals surface area contributed by atoms with Crippen molar-refractivity contribution in [3.05, 3.63) is 118 Å². The molecule has 1 saturated heterocycles. The van der Waals surface area contributed by atoms with E-state index in [0.29, 0.717) is 53.5 Å². The van der Waals surface area contributed by atoms with Gasteiger partial charge in [0.1, 0.15) is 23.9 Å². The topological polar surface area (TPSA) is 199 Å². The van der Waals surface area contributed by atoms with Crippen LogP contribution in [-0.2, 0) is 57.9 Å². The molecule has 0 radical (unpaired) electrons. The van der Waals surface area contributed by atoms with E-state index in [1.54, 1.807) is 88.4 Å². The molecule has 1 amide bonds. The second-order valence-electron chi connectivity index (χ2n) is 22.7. The number of hydrogen-bond acceptors (Lipinski definition) is 14. The summed E-state index contributed by atoms with van der Waals surface area (Å²) in [7, 11) is -5.62. The molecule has 3 aliphatic carbocycles. The number of hydrogen-bond donors (Lipinski definition) is 2. The Morgan fingerprint density at radius 2 is 1.35 bits per heavy atom. The zero-order chi connectivity index (χ0) is 59.0. The molecule has 3 aromatic carbocycles. The van der Waals surface area contributed by atoms with Crippen molar-refractivity contribution in [3.63, 3.8) is 0 Å². The Morgan fingerprint density at radius 3 is 1.88 bits per heavy atom. The summed E-state index contributed by atoms with van der Waals surface area (Å²) in [4.78, 5) is 88.9. The maximum absolute atomic E-state index is 16.6. The van der Waals surface area contributed by atoms with Crippen molar-refractivity contribution >= 4 is 52.2 Å². The summed E-state index contributed by atoms with van der Waals surface area (Å²) in [5.74, 6) is -6.96. The fourth-order valence-corrected chi connectivity index (χ4v) is 19.0. The van der Waals surface area contributed by atoms with Crippen molar-refractivity contribution in [2.24, 2.45) is 16.7 Å². The Kier molecular flexibility index (Phi) is 18.4. The highest BCUT2D eigenvalue weighted by molar-refractivity contribution is 6.74. The molecule has 3 fully saturated rings. The summed E-state index contributed by atoms with van der Waals surface area (Å²) in [6.45, 7) is 20.0. The monoisotopic (exact) mass is 1150 g/mol. The normalized spacial score (nSPS) is 28.1. The van der Waals surface area contributed by atoms with E-state index in [1.165, 1.54) is 0 Å². The number of Topliss-reactive ketones (excluding diaryl/α,β-unsaturated/α-hetero) is 1. The number of amides is 1. The van der Waals surface area contributed by atoms with E-state index >= 15 is 14.4 Å². The minimum Gasteiger partial charge on any atom is -0.456 e. The van der Waals surface area contributed by atoms with Gasteiger partial charge in [0.15, 0.2) is 40.2 Å². The first-order valence-corrected chi connectivity index (χ1v) is 33.0. The summed E-state index contributed by atoms with van der Waals surface area (Å²) >= 11 is 0. The Bertz CT molecular complexity index is 2810. The number of aliphatic hydroxyl groups is 1. The molecule has 2 N–H and O–H groups in total. The van der Waals surface area contributed by atoms with Gasteiger partial charge in [0.05, 0.1) is 41.2 Å². The van der Waals surface area contributed by atoms with Crippen LogP contribution in [-0.4, -0.2) is 112 Å². The maximum atomic E-state index is 16.6. The Morgan fingerprint density at radius 1 is 0.775 bits per heavy atom. The first-order chi connectivity index (χ1) is 37.6. The zero-order valence-corrected chi connectivity index (χ0v) is 50.0. The molecule has 436 valence electrons. The standard InChI is InChI=1S/C60H78F3NO14Si2/c1-13-79(14-2,15-3)77-44-33-45-58(35-72-45,76-38(9)66)50-52(75-54(69)41-30-25-31-42(32-41)60(61,62)63)59(71)34-43(36(7)46(56(59,10)11)48(73-37(8)65)51(67)57(44,50)12)74-55(70)49(78-80(16-4,17-5)18-6)47(39-26-21-19-22-27-39)64-53(68)40-28-23-20-24-29-40/h19-32,43-45,47-50,52,71H,13-18,33-35H2,1-12H3,(H,64,68)/t43-,44-,45+,47-,48+,49+,50-,52-,57+,58-,59+/m0/s1. The Labute approximate surface area is 469 Å². The van der Waals surface area contributed by atoms with Gasteiger partial charge in [0.2, 0.25) is 0 Å². The fourth-order valence-electron chi connectivity index (χ4n) is 13.3. The highest BCUT2D eigenvalue weighted by Gasteiger charge is 2.79. The molecule has 4 aliphatic rings. The van der Waals surface area contributed by atoms with Crippen LogP contribution in [0.15, 0.2) is 96.1 Å². The number of carbonyl (C=O) groups excluding carboxylic acids is 6. The maximum Gasteiger partial charge on any atom is 0.416 e. The third kappa shape index (κ3) is 11.2. The quantitative estimate of drug-likeness (QED) is 0.0469. The lowest BCUT2D eigenvalue weighted by Gasteiger charge is -2.68. The number of alkyl halides is 3. The molecule has 1 heterocycles. The van der Waals surface area contributed by atoms with Crippen molar-refractivity contribution in [2.45, 2.75) is 192 Å². The van der Waals surface area contributed by atoms with Crippen molar-refractivity contribution in [2.75, 3.05) is 6.61 Å². The van der Waals surface area contributed by atoms with Crippen LogP contribution in [0.5, 0.6) is 0 Å². The largest absolute Gasteiger partial charge is 0.456 e. The predicted molar refractivity (Wildman–Crippen MR) is 295 cm³/mol. The molecule has 0 unspecified atom stereocenters. The summed E-state index contributed by atoms with van der Waals surface area (Å²) in [5.41, 5.74) is -9.02. The number of carbonyl (C=O) groups is 6. The van der Waals surface area contributed by atoms with E-state index in [4.69, 9.17) is 32.5 Å². The van der Waals surface area contributed by atoms with Crippen molar-refractivity contribution in [1.29, 1.82) is 0 Å². The number of ketones is 1. The first kappa shape index (κ1) is 62.1. The van der Waals surface area contributed by atoms with Crippen molar-refractivity contribution < 1.29 is 79.6 Å². The molecule has 7 rings (SSSR count). The van der Waals surface area contributed by atoms with Gasteiger partial charge in [0, 0.05) is 37.7 Å². The highest BCUT2D eigenvalue weighted by atomic mass is 28.4. The third-order valence-corrected chi connectivity index (χ3v) is 27.7. The number of rotatable bonds is 20. The number of ether oxygens (including phenoxy) is 5. The van der Waals surface area contributed by atoms with E-state index in [1.807, 2.05) is 41.5 Å². The number of halogens is 3. The Balaban J connectivity index is 1.51. The molecule has 80 heavy (non-hydrogen) atoms. The molecule has 0 aromatic heterocycles. The van der Waals surface area contributed by atoms with Gasteiger partial charge in [-0.25, -0.2) is 9.59 Å². The number of fused-ring (bicyclic) bond motifs is 5. The van der Waals surface area contributed by atoms with Crippen molar-refractivity contribution in [3.8, 4) is 0 Å². The van der Waals surface area contributed by atoms with E-state index in [-0.39, 0.29) is 24.2 Å². The van der Waals surface area contributed by atoms with Gasteiger partial charge < -0.3 is 43.0 Å². The van der Waals surface area contributed by atoms with Crippen LogP contribution in [0.25, 0.3) is 0 Å². The Hall–Kier alpha value is -5.52. The summed E-state index contributed by atoms with van der Waals surface area (Å²) in [6, 6.07) is 23.1. The SMILES string of the molecule is CC[Si](CC)(CC)O[C@H]1C[C@H]2OC[C@@]2(OC(C)=O)[C@H]2[C@H](OC(=O)c3cccc(C(F)(F)F)c3)[C@]3(O)C[C@H](OC(=O)[C@H](O[Si](CC)(CC)CC)[C@@H](NC(=O)c4ccccc4)c4ccccc4)C(C)=C([C@@H](OC(C)=O)C(=O)[C@]12C)C3(C)C. The lowest BCUT2D eigenvalue weighted by atomic mass is 9.44. The second-order valence-corrected chi connectivity index (χ2v) is 32.2. The molecular formula is C60H78F3NO14Si2. The smallest absolute Gasteiger partial charge is 0.416 e. The van der Waals surface area contributed by atoms with E-state index in [9.17, 15) is 32.7 Å². The van der Waals surface area contributed by atoms with Gasteiger partial charge in [-0.15, -0.1) is 0 Å². The minimum atomic E-state index is -4.89. The van der Waals surface area contributed by atoms with Gasteiger partial charge in [-0.05, 0) is 97.2 Å². The predicted octanol–water partition coefficient (Wildman–Crippen LogP) is 10.8. The molecule has 3 aromatic rings. The van der Waals surface area contributed by atoms with Gasteiger partial charge in [0.25, 0.3) is 5.91 Å². The number of nitrogens with one attached hydrogen (secondary N) is 1. The molecule has 0 spiro atoms. The molecule has 1 aliphatic heterocycles.